The van der Waals surface area contributed by atoms with Crippen molar-refractivity contribution in [3.05, 3.63) is 70.9 Å². The Hall–Kier alpha value is -1.58. The molecule has 22 heavy (non-hydrogen) atoms. The first-order chi connectivity index (χ1) is 10.7. The molecule has 0 saturated heterocycles. The Bertz CT molecular complexity index is 580. The van der Waals surface area contributed by atoms with Gasteiger partial charge in [0.25, 0.3) is 0 Å². The van der Waals surface area contributed by atoms with Gasteiger partial charge in [-0.2, -0.15) is 0 Å². The molecule has 0 unspecified atom stereocenters. The molecule has 0 amide bonds. The van der Waals surface area contributed by atoms with Crippen LogP contribution < -0.4 is 10.6 Å². The number of hydrogen-bond donors (Lipinski definition) is 2. The summed E-state index contributed by atoms with van der Waals surface area (Å²) in [5.74, 6) is 0. The van der Waals surface area contributed by atoms with E-state index < -0.39 is 0 Å². The van der Waals surface area contributed by atoms with Crippen molar-refractivity contribution in [1.82, 2.24) is 10.6 Å². The highest BCUT2D eigenvalue weighted by atomic mass is 35.5. The highest BCUT2D eigenvalue weighted by Gasteiger charge is 2.20. The summed E-state index contributed by atoms with van der Waals surface area (Å²) >= 11 is 11.3. The van der Waals surface area contributed by atoms with Crippen molar-refractivity contribution in [3.8, 4) is 0 Å². The fourth-order valence-corrected chi connectivity index (χ4v) is 2.94. The van der Waals surface area contributed by atoms with E-state index in [2.05, 4.69) is 41.8 Å². The van der Waals surface area contributed by atoms with E-state index in [9.17, 15) is 0 Å². The van der Waals surface area contributed by atoms with Gasteiger partial charge in [-0.25, -0.2) is 0 Å². The highest BCUT2D eigenvalue weighted by Crippen LogP contribution is 2.21. The van der Waals surface area contributed by atoms with Crippen molar-refractivity contribution in [2.45, 2.75) is 32.2 Å². The van der Waals surface area contributed by atoms with Gasteiger partial charge in [0.15, 0.2) is 5.11 Å². The standard InChI is InChI=1S/C18H21ClN2S/c1-2-7-16(19)10-5-6-11-20-18(22)21-17-12-14-8-3-4-9-15(14)13-17/h3-11,17H,2,12-13H2,1H3,(H2,20,21,22)/b10-5-,11-6+,16-7+. The zero-order valence-corrected chi connectivity index (χ0v) is 14.3. The molecule has 0 radical (unpaired) electrons. The summed E-state index contributed by atoms with van der Waals surface area (Å²) < 4.78 is 0. The number of fused-ring (bicyclic) bond motifs is 1. The summed E-state index contributed by atoms with van der Waals surface area (Å²) in [5, 5.41) is 7.82. The highest BCUT2D eigenvalue weighted by molar-refractivity contribution is 7.80. The first-order valence-corrected chi connectivity index (χ1v) is 8.30. The second kappa shape index (κ2) is 8.76. The molecule has 0 aliphatic heterocycles. The molecule has 0 bridgehead atoms. The van der Waals surface area contributed by atoms with Crippen molar-refractivity contribution in [2.24, 2.45) is 0 Å². The van der Waals surface area contributed by atoms with Gasteiger partial charge in [-0.1, -0.05) is 54.9 Å². The quantitative estimate of drug-likeness (QED) is 0.623. The molecule has 0 spiro atoms. The molecule has 116 valence electrons. The van der Waals surface area contributed by atoms with E-state index in [1.807, 2.05) is 30.5 Å². The Balaban J connectivity index is 1.72. The van der Waals surface area contributed by atoms with Crippen molar-refractivity contribution >= 4 is 28.9 Å². The first kappa shape index (κ1) is 16.8. The summed E-state index contributed by atoms with van der Waals surface area (Å²) in [6, 6.07) is 8.93. The van der Waals surface area contributed by atoms with Gasteiger partial charge in [-0.15, -0.1) is 0 Å². The molecule has 1 aliphatic carbocycles. The minimum absolute atomic E-state index is 0.378. The third kappa shape index (κ3) is 5.32. The third-order valence-electron chi connectivity index (χ3n) is 3.46. The van der Waals surface area contributed by atoms with Crippen LogP contribution in [0.15, 0.2) is 59.8 Å². The normalized spacial score (nSPS) is 15.5. The van der Waals surface area contributed by atoms with Crippen LogP contribution in [0.3, 0.4) is 0 Å². The van der Waals surface area contributed by atoms with Crippen LogP contribution in [-0.4, -0.2) is 11.2 Å². The molecule has 1 aliphatic rings. The SMILES string of the molecule is CC\C=C(Cl)/C=C\C=C\NC(=S)NC1Cc2ccccc2C1. The van der Waals surface area contributed by atoms with E-state index >= 15 is 0 Å². The molecule has 1 aromatic rings. The van der Waals surface area contributed by atoms with Gasteiger partial charge in [0.1, 0.15) is 0 Å². The molecule has 0 heterocycles. The zero-order valence-electron chi connectivity index (χ0n) is 12.7. The second-order valence-electron chi connectivity index (χ2n) is 5.21. The zero-order chi connectivity index (χ0) is 15.8. The van der Waals surface area contributed by atoms with Crippen molar-refractivity contribution in [2.75, 3.05) is 0 Å². The molecule has 0 saturated carbocycles. The Labute approximate surface area is 142 Å². The first-order valence-electron chi connectivity index (χ1n) is 7.51. The van der Waals surface area contributed by atoms with E-state index in [1.165, 1.54) is 11.1 Å². The minimum Gasteiger partial charge on any atom is -0.359 e. The smallest absolute Gasteiger partial charge is 0.170 e. The number of halogens is 1. The lowest BCUT2D eigenvalue weighted by molar-refractivity contribution is 0.641. The monoisotopic (exact) mass is 332 g/mol. The Morgan fingerprint density at radius 2 is 1.95 bits per heavy atom. The fourth-order valence-electron chi connectivity index (χ4n) is 2.48. The van der Waals surface area contributed by atoms with Crippen molar-refractivity contribution < 1.29 is 0 Å². The number of allylic oxidation sites excluding steroid dienone is 5. The summed E-state index contributed by atoms with van der Waals surface area (Å²) in [4.78, 5) is 0. The average molecular weight is 333 g/mol. The second-order valence-corrected chi connectivity index (χ2v) is 6.05. The number of rotatable bonds is 5. The van der Waals surface area contributed by atoms with Crippen LogP contribution in [0.5, 0.6) is 0 Å². The maximum atomic E-state index is 5.96. The lowest BCUT2D eigenvalue weighted by atomic mass is 10.1. The van der Waals surface area contributed by atoms with Gasteiger partial charge < -0.3 is 10.6 Å². The van der Waals surface area contributed by atoms with Crippen molar-refractivity contribution in [1.29, 1.82) is 0 Å². The molecule has 2 N–H and O–H groups in total. The predicted molar refractivity (Wildman–Crippen MR) is 99.0 cm³/mol. The van der Waals surface area contributed by atoms with Gasteiger partial charge in [-0.05, 0) is 54.8 Å². The van der Waals surface area contributed by atoms with Gasteiger partial charge >= 0.3 is 0 Å². The maximum Gasteiger partial charge on any atom is 0.170 e. The summed E-state index contributed by atoms with van der Waals surface area (Å²) in [7, 11) is 0. The number of benzene rings is 1. The topological polar surface area (TPSA) is 24.1 Å². The van der Waals surface area contributed by atoms with Crippen LogP contribution in [-0.2, 0) is 12.8 Å². The number of thiocarbonyl (C=S) groups is 1. The average Bonchev–Trinajstić information content (AvgIpc) is 2.89. The van der Waals surface area contributed by atoms with Crippen LogP contribution in [0.2, 0.25) is 0 Å². The molecule has 2 rings (SSSR count). The molecular formula is C18H21ClN2S. The van der Waals surface area contributed by atoms with Crippen LogP contribution >= 0.6 is 23.8 Å². The van der Waals surface area contributed by atoms with E-state index in [0.29, 0.717) is 11.2 Å². The molecule has 4 heteroatoms. The minimum atomic E-state index is 0.378. The van der Waals surface area contributed by atoms with E-state index in [1.54, 1.807) is 0 Å². The molecule has 0 aromatic heterocycles. The van der Waals surface area contributed by atoms with Crippen LogP contribution in [0, 0.1) is 0 Å². The lowest BCUT2D eigenvalue weighted by Gasteiger charge is -2.13. The number of hydrogen-bond acceptors (Lipinski definition) is 1. The Morgan fingerprint density at radius 1 is 1.27 bits per heavy atom. The van der Waals surface area contributed by atoms with Gasteiger partial charge in [0.05, 0.1) is 0 Å². The number of nitrogens with one attached hydrogen (secondary N) is 2. The molecule has 2 nitrogen and oxygen atoms in total. The van der Waals surface area contributed by atoms with E-state index in [4.69, 9.17) is 23.8 Å². The van der Waals surface area contributed by atoms with Gasteiger partial charge in [-0.3, -0.25) is 0 Å². The van der Waals surface area contributed by atoms with Gasteiger partial charge in [0, 0.05) is 17.3 Å². The third-order valence-corrected chi connectivity index (χ3v) is 3.98. The fraction of sp³-hybridized carbons (Fsp3) is 0.278. The molecular weight excluding hydrogens is 312 g/mol. The lowest BCUT2D eigenvalue weighted by Crippen LogP contribution is -2.40. The van der Waals surface area contributed by atoms with E-state index in [-0.39, 0.29) is 0 Å². The van der Waals surface area contributed by atoms with E-state index in [0.717, 1.165) is 24.3 Å². The summed E-state index contributed by atoms with van der Waals surface area (Å²) in [6.07, 6.45) is 12.4. The Kier molecular flexibility index (Phi) is 6.69. The van der Waals surface area contributed by atoms with Crippen LogP contribution in [0.4, 0.5) is 0 Å². The molecule has 1 aromatic carbocycles. The van der Waals surface area contributed by atoms with Crippen LogP contribution in [0.1, 0.15) is 24.5 Å². The van der Waals surface area contributed by atoms with Crippen LogP contribution in [0.25, 0.3) is 0 Å². The summed E-state index contributed by atoms with van der Waals surface area (Å²) in [5.41, 5.74) is 2.83. The molecule has 0 atom stereocenters. The largest absolute Gasteiger partial charge is 0.359 e. The maximum absolute atomic E-state index is 5.96. The van der Waals surface area contributed by atoms with Gasteiger partial charge in [0.2, 0.25) is 0 Å². The van der Waals surface area contributed by atoms with Crippen molar-refractivity contribution in [3.63, 3.8) is 0 Å². The Morgan fingerprint density at radius 3 is 2.59 bits per heavy atom. The summed E-state index contributed by atoms with van der Waals surface area (Å²) in [6.45, 7) is 2.05. The molecule has 0 fully saturated rings. The predicted octanol–water partition coefficient (Wildman–Crippen LogP) is 4.22.